The molecule has 0 saturated carbocycles. The van der Waals surface area contributed by atoms with Crippen molar-refractivity contribution < 1.29 is 0 Å². The first-order valence-electron chi connectivity index (χ1n) is 6.51. The highest BCUT2D eigenvalue weighted by atomic mass is 32.1. The number of nitrogens with two attached hydrogens (primary N) is 1. The van der Waals surface area contributed by atoms with Crippen molar-refractivity contribution in [2.24, 2.45) is 5.73 Å². The average Bonchev–Trinajstić information content (AvgIpc) is 2.53. The van der Waals surface area contributed by atoms with Crippen LogP contribution >= 0.6 is 11.3 Å². The fraction of sp³-hybridized carbons (Fsp3) is 0.769. The first-order valence-corrected chi connectivity index (χ1v) is 7.32. The summed E-state index contributed by atoms with van der Waals surface area (Å²) in [5, 5.41) is 1.14. The van der Waals surface area contributed by atoms with Crippen molar-refractivity contribution in [1.82, 2.24) is 9.88 Å². The molecular weight excluding hydrogens is 230 g/mol. The van der Waals surface area contributed by atoms with Crippen LogP contribution in [-0.2, 0) is 5.54 Å². The molecular formula is C13H23N3S. The van der Waals surface area contributed by atoms with E-state index in [1.165, 1.54) is 17.8 Å². The highest BCUT2D eigenvalue weighted by Crippen LogP contribution is 2.34. The zero-order valence-corrected chi connectivity index (χ0v) is 11.9. The van der Waals surface area contributed by atoms with Gasteiger partial charge in [0.1, 0.15) is 5.01 Å². The molecule has 96 valence electrons. The van der Waals surface area contributed by atoms with Crippen molar-refractivity contribution in [2.75, 3.05) is 19.6 Å². The molecule has 1 atom stereocenters. The Hall–Kier alpha value is -0.450. The number of rotatable bonds is 2. The van der Waals surface area contributed by atoms with Gasteiger partial charge in [-0.2, -0.15) is 0 Å². The monoisotopic (exact) mass is 253 g/mol. The third-order valence-electron chi connectivity index (χ3n) is 3.87. The van der Waals surface area contributed by atoms with E-state index in [0.29, 0.717) is 0 Å². The van der Waals surface area contributed by atoms with Gasteiger partial charge in [0.25, 0.3) is 0 Å². The topological polar surface area (TPSA) is 42.1 Å². The molecule has 1 aromatic rings. The number of hydrogen-bond donors (Lipinski definition) is 1. The molecule has 1 saturated heterocycles. The summed E-state index contributed by atoms with van der Waals surface area (Å²) < 4.78 is 0. The maximum absolute atomic E-state index is 6.60. The van der Waals surface area contributed by atoms with E-state index in [1.54, 1.807) is 11.3 Å². The van der Waals surface area contributed by atoms with Crippen LogP contribution in [-0.4, -0.2) is 29.5 Å². The van der Waals surface area contributed by atoms with Gasteiger partial charge in [0.05, 0.1) is 11.2 Å². The fourth-order valence-corrected chi connectivity index (χ4v) is 3.50. The Morgan fingerprint density at radius 1 is 1.35 bits per heavy atom. The van der Waals surface area contributed by atoms with Crippen molar-refractivity contribution in [1.29, 1.82) is 0 Å². The van der Waals surface area contributed by atoms with Crippen LogP contribution < -0.4 is 5.73 Å². The third kappa shape index (κ3) is 2.69. The first kappa shape index (κ1) is 13.0. The summed E-state index contributed by atoms with van der Waals surface area (Å²) in [6.45, 7) is 9.85. The Kier molecular flexibility index (Phi) is 3.85. The molecule has 2 heterocycles. The molecule has 1 aromatic heterocycles. The van der Waals surface area contributed by atoms with Gasteiger partial charge in [0.2, 0.25) is 0 Å². The summed E-state index contributed by atoms with van der Waals surface area (Å²) in [6, 6.07) is 0. The minimum atomic E-state index is -0.187. The van der Waals surface area contributed by atoms with Gasteiger partial charge >= 0.3 is 0 Å². The third-order valence-corrected chi connectivity index (χ3v) is 5.17. The van der Waals surface area contributed by atoms with Crippen molar-refractivity contribution in [3.8, 4) is 0 Å². The number of nitrogens with zero attached hydrogens (tertiary/aromatic N) is 2. The molecule has 17 heavy (non-hydrogen) atoms. The van der Waals surface area contributed by atoms with Gasteiger partial charge in [0, 0.05) is 11.4 Å². The molecule has 0 radical (unpaired) electrons. The van der Waals surface area contributed by atoms with Crippen molar-refractivity contribution >= 4 is 11.3 Å². The molecule has 0 aromatic carbocycles. The fourth-order valence-electron chi connectivity index (χ4n) is 2.43. The predicted octanol–water partition coefficient (Wildman–Crippen LogP) is 2.42. The minimum absolute atomic E-state index is 0.187. The molecule has 4 heteroatoms. The summed E-state index contributed by atoms with van der Waals surface area (Å²) >= 11 is 1.78. The lowest BCUT2D eigenvalue weighted by atomic mass is 9.92. The molecule has 1 unspecified atom stereocenters. The lowest BCUT2D eigenvalue weighted by Crippen LogP contribution is -2.37. The SMILES string of the molecule is CCN1CCCC(N)(c2nc(C)c(C)s2)CC1. The lowest BCUT2D eigenvalue weighted by Gasteiger charge is -2.25. The van der Waals surface area contributed by atoms with Crippen LogP contribution in [0.15, 0.2) is 0 Å². The molecule has 1 fully saturated rings. The second kappa shape index (κ2) is 5.04. The first-order chi connectivity index (χ1) is 8.05. The average molecular weight is 253 g/mol. The molecule has 3 nitrogen and oxygen atoms in total. The number of aryl methyl sites for hydroxylation is 2. The van der Waals surface area contributed by atoms with Crippen molar-refractivity contribution in [3.05, 3.63) is 15.6 Å². The Morgan fingerprint density at radius 3 is 2.71 bits per heavy atom. The minimum Gasteiger partial charge on any atom is -0.319 e. The lowest BCUT2D eigenvalue weighted by molar-refractivity contribution is 0.289. The molecule has 1 aliphatic rings. The Morgan fingerprint density at radius 2 is 2.12 bits per heavy atom. The van der Waals surface area contributed by atoms with Crippen LogP contribution in [0.1, 0.15) is 41.8 Å². The second-order valence-corrected chi connectivity index (χ2v) is 6.31. The van der Waals surface area contributed by atoms with E-state index >= 15 is 0 Å². The van der Waals surface area contributed by atoms with Gasteiger partial charge in [-0.3, -0.25) is 0 Å². The summed E-state index contributed by atoms with van der Waals surface area (Å²) in [7, 11) is 0. The van der Waals surface area contributed by atoms with E-state index in [-0.39, 0.29) is 5.54 Å². The number of hydrogen-bond acceptors (Lipinski definition) is 4. The maximum Gasteiger partial charge on any atom is 0.113 e. The van der Waals surface area contributed by atoms with Gasteiger partial charge in [-0.25, -0.2) is 4.98 Å². The molecule has 0 bridgehead atoms. The number of likely N-dealkylation sites (tertiary alicyclic amines) is 1. The highest BCUT2D eigenvalue weighted by molar-refractivity contribution is 7.11. The predicted molar refractivity (Wildman–Crippen MR) is 73.4 cm³/mol. The van der Waals surface area contributed by atoms with Gasteiger partial charge in [-0.15, -0.1) is 11.3 Å². The smallest absolute Gasteiger partial charge is 0.113 e. The zero-order chi connectivity index (χ0) is 12.5. The van der Waals surface area contributed by atoms with Crippen molar-refractivity contribution in [3.63, 3.8) is 0 Å². The van der Waals surface area contributed by atoms with Gasteiger partial charge in [-0.1, -0.05) is 6.92 Å². The molecule has 2 rings (SSSR count). The summed E-state index contributed by atoms with van der Waals surface area (Å²) in [4.78, 5) is 8.47. The Labute approximate surface area is 108 Å². The van der Waals surface area contributed by atoms with Gasteiger partial charge < -0.3 is 10.6 Å². The molecule has 0 amide bonds. The summed E-state index contributed by atoms with van der Waals surface area (Å²) in [5.41, 5.74) is 7.56. The van der Waals surface area contributed by atoms with Crippen LogP contribution in [0.25, 0.3) is 0 Å². The van der Waals surface area contributed by atoms with Crippen LogP contribution in [0.2, 0.25) is 0 Å². The Bertz CT molecular complexity index is 369. The van der Waals surface area contributed by atoms with E-state index in [1.807, 2.05) is 0 Å². The largest absolute Gasteiger partial charge is 0.319 e. The highest BCUT2D eigenvalue weighted by Gasteiger charge is 2.33. The van der Waals surface area contributed by atoms with Gasteiger partial charge in [-0.05, 0) is 46.2 Å². The van der Waals surface area contributed by atoms with E-state index in [0.717, 1.165) is 36.6 Å². The van der Waals surface area contributed by atoms with E-state index in [4.69, 9.17) is 5.73 Å². The van der Waals surface area contributed by atoms with Crippen molar-refractivity contribution in [2.45, 2.75) is 45.6 Å². The quantitative estimate of drug-likeness (QED) is 0.880. The summed E-state index contributed by atoms with van der Waals surface area (Å²) in [6.07, 6.45) is 3.28. The van der Waals surface area contributed by atoms with Crippen LogP contribution in [0.5, 0.6) is 0 Å². The summed E-state index contributed by atoms with van der Waals surface area (Å²) in [5.74, 6) is 0. The normalized spacial score (nSPS) is 27.1. The van der Waals surface area contributed by atoms with Crippen LogP contribution in [0, 0.1) is 13.8 Å². The van der Waals surface area contributed by atoms with Crippen LogP contribution in [0.4, 0.5) is 0 Å². The Balaban J connectivity index is 2.18. The number of aromatic nitrogens is 1. The second-order valence-electron chi connectivity index (χ2n) is 5.10. The molecule has 0 spiro atoms. The van der Waals surface area contributed by atoms with Crippen LogP contribution in [0.3, 0.4) is 0 Å². The number of thiazole rings is 1. The molecule has 2 N–H and O–H groups in total. The van der Waals surface area contributed by atoms with E-state index in [9.17, 15) is 0 Å². The molecule has 0 aliphatic carbocycles. The van der Waals surface area contributed by atoms with E-state index in [2.05, 4.69) is 30.7 Å². The molecule has 1 aliphatic heterocycles. The van der Waals surface area contributed by atoms with Gasteiger partial charge in [0.15, 0.2) is 0 Å². The van der Waals surface area contributed by atoms with E-state index < -0.39 is 0 Å². The maximum atomic E-state index is 6.60. The standard InChI is InChI=1S/C13H23N3S/c1-4-16-8-5-6-13(14,7-9-16)12-15-10(2)11(3)17-12/h4-9,14H2,1-3H3. The zero-order valence-electron chi connectivity index (χ0n) is 11.1.